The lowest BCUT2D eigenvalue weighted by Gasteiger charge is -2.51. The number of likely N-dealkylation sites (tertiary alicyclic amines) is 1. The summed E-state index contributed by atoms with van der Waals surface area (Å²) in [6.07, 6.45) is 1.30. The first kappa shape index (κ1) is 12.4. The molecule has 14 heavy (non-hydrogen) atoms. The summed E-state index contributed by atoms with van der Waals surface area (Å²) in [5.41, 5.74) is 0.262. The van der Waals surface area contributed by atoms with Gasteiger partial charge >= 0.3 is 0 Å². The molecule has 1 aliphatic heterocycles. The second-order valence-electron chi connectivity index (χ2n) is 7.08. The van der Waals surface area contributed by atoms with E-state index in [4.69, 9.17) is 0 Å². The maximum Gasteiger partial charge on any atom is 0.117 e. The third kappa shape index (κ3) is 1.82. The van der Waals surface area contributed by atoms with Crippen molar-refractivity contribution in [3.8, 4) is 0 Å². The van der Waals surface area contributed by atoms with Gasteiger partial charge in [-0.1, -0.05) is 12.2 Å². The monoisotopic (exact) mass is 187 g/mol. The molecule has 0 bridgehead atoms. The molecule has 1 rings (SSSR count). The lowest BCUT2D eigenvalue weighted by Crippen LogP contribution is -2.64. The predicted molar refractivity (Wildman–Crippen MR) is 78.1 cm³/mol. The van der Waals surface area contributed by atoms with Crippen LogP contribution in [0.2, 0.25) is 5.82 Å². The van der Waals surface area contributed by atoms with Gasteiger partial charge in [-0.3, -0.25) is 0 Å². The highest BCUT2D eigenvalue weighted by molar-refractivity contribution is 6.48. The van der Waals surface area contributed by atoms with Crippen LogP contribution in [0.3, 0.4) is 0 Å². The van der Waals surface area contributed by atoms with E-state index in [2.05, 4.69) is 64.9 Å². The number of hydrogen-bond acceptors (Lipinski definition) is 1. The van der Waals surface area contributed by atoms with Crippen LogP contribution in [0.1, 0.15) is 27.2 Å². The van der Waals surface area contributed by atoms with E-state index in [-0.39, 0.29) is 5.54 Å². The Hall–Kier alpha value is 0.285. The topological polar surface area (TPSA) is 3.24 Å². The summed E-state index contributed by atoms with van der Waals surface area (Å²) in [5.74, 6) is 0.775. The van der Waals surface area contributed by atoms with Crippen LogP contribution in [0.4, 0.5) is 0 Å². The van der Waals surface area contributed by atoms with Crippen molar-refractivity contribution in [2.24, 2.45) is 0 Å². The van der Waals surface area contributed by atoms with E-state index in [9.17, 15) is 0 Å². The molecule has 0 radical (unpaired) electrons. The van der Waals surface area contributed by atoms with E-state index >= 15 is 0 Å². The Bertz CT molecular complexity index is 232. The van der Waals surface area contributed by atoms with Gasteiger partial charge in [0.2, 0.25) is 0 Å². The first-order valence-electron chi connectivity index (χ1n) is 5.80. The highest BCUT2D eigenvalue weighted by atomic mass is 15.3. The Labute approximate surface area is 93.8 Å². The summed E-state index contributed by atoms with van der Waals surface area (Å²) in [5, 5.41) is 0.656. The summed E-state index contributed by atoms with van der Waals surface area (Å²) >= 11 is 0. The van der Waals surface area contributed by atoms with Crippen molar-refractivity contribution in [1.29, 1.82) is 0 Å². The molecule has 0 spiro atoms. The Kier molecular flexibility index (Phi) is 2.77. The lowest BCUT2D eigenvalue weighted by molar-refractivity contribution is 0.105. The van der Waals surface area contributed by atoms with Crippen molar-refractivity contribution < 1.29 is 0 Å². The second kappa shape index (κ2) is 3.14. The average Bonchev–Trinajstić information content (AvgIpc) is 1.93. The molecule has 0 saturated carbocycles. The molecule has 0 aromatic heterocycles. The molecule has 0 N–H and O–H groups in total. The van der Waals surface area contributed by atoms with Crippen molar-refractivity contribution in [2.75, 3.05) is 0 Å². The normalized spacial score (nSPS) is 31.8. The molecule has 6 heteroatoms. The highest BCUT2D eigenvalue weighted by Gasteiger charge is 2.51. The predicted octanol–water partition coefficient (Wildman–Crippen LogP) is -3.25. The minimum atomic E-state index is 0.262. The Balaban J connectivity index is 3.12. The molecule has 0 aromatic rings. The highest BCUT2D eigenvalue weighted by Crippen LogP contribution is 2.45. The zero-order valence-corrected chi connectivity index (χ0v) is 11.2. The van der Waals surface area contributed by atoms with Gasteiger partial charge in [-0.2, -0.15) is 0 Å². The van der Waals surface area contributed by atoms with Gasteiger partial charge in [-0.05, 0) is 31.4 Å². The molecule has 1 nitrogen and oxygen atoms in total. The lowest BCUT2D eigenvalue weighted by atomic mass is 9.49. The maximum absolute atomic E-state index is 2.69. The van der Waals surface area contributed by atoms with Gasteiger partial charge in [0, 0.05) is 5.54 Å². The summed E-state index contributed by atoms with van der Waals surface area (Å²) in [6, 6.07) is 0. The summed E-state index contributed by atoms with van der Waals surface area (Å²) in [7, 11) is 11.9. The quantitative estimate of drug-likeness (QED) is 0.359. The largest absolute Gasteiger partial charge is 0.319 e. The third-order valence-corrected chi connectivity index (χ3v) is 3.86. The molecule has 0 aliphatic carbocycles. The molecular formula is C8H22B5N. The van der Waals surface area contributed by atoms with E-state index in [1.807, 2.05) is 0 Å². The van der Waals surface area contributed by atoms with Crippen LogP contribution >= 0.6 is 0 Å². The van der Waals surface area contributed by atoms with Crippen molar-refractivity contribution in [3.63, 3.8) is 0 Å². The Morgan fingerprint density at radius 2 is 1.57 bits per heavy atom. The van der Waals surface area contributed by atoms with Gasteiger partial charge in [0.05, 0.1) is 0 Å². The van der Waals surface area contributed by atoms with Gasteiger partial charge in [0.1, 0.15) is 39.2 Å². The Morgan fingerprint density at radius 3 is 1.71 bits per heavy atom. The van der Waals surface area contributed by atoms with Crippen LogP contribution in [-0.4, -0.2) is 60.3 Å². The zero-order chi connectivity index (χ0) is 11.4. The van der Waals surface area contributed by atoms with Crippen LogP contribution in [0.15, 0.2) is 0 Å². The van der Waals surface area contributed by atoms with E-state index in [0.717, 1.165) is 5.82 Å². The van der Waals surface area contributed by atoms with Gasteiger partial charge in [0.15, 0.2) is 0 Å². The van der Waals surface area contributed by atoms with Crippen LogP contribution in [0, 0.1) is 0 Å². The molecule has 1 fully saturated rings. The van der Waals surface area contributed by atoms with Gasteiger partial charge < -0.3 is 4.90 Å². The smallest absolute Gasteiger partial charge is 0.117 e. The van der Waals surface area contributed by atoms with Crippen LogP contribution in [0.25, 0.3) is 0 Å². The van der Waals surface area contributed by atoms with Gasteiger partial charge in [0.25, 0.3) is 0 Å². The number of rotatable bonds is 0. The first-order chi connectivity index (χ1) is 5.99. The van der Waals surface area contributed by atoms with Crippen molar-refractivity contribution in [1.82, 2.24) is 4.90 Å². The maximum atomic E-state index is 2.69. The zero-order valence-electron chi connectivity index (χ0n) is 11.2. The van der Waals surface area contributed by atoms with Crippen LogP contribution < -0.4 is 0 Å². The molecule has 0 amide bonds. The first-order valence-corrected chi connectivity index (χ1v) is 5.80. The van der Waals surface area contributed by atoms with E-state index in [1.54, 1.807) is 0 Å². The molecule has 1 unspecified atom stereocenters. The molecule has 1 aliphatic rings. The SMILES string of the molecule is BC1CC(B)(B)N(C(C)(C)C)C1(B)B. The van der Waals surface area contributed by atoms with Crippen molar-refractivity contribution >= 4 is 39.2 Å². The molecule has 1 heterocycles. The molecule has 1 atom stereocenters. The molecule has 0 aromatic carbocycles. The van der Waals surface area contributed by atoms with Crippen LogP contribution in [0.5, 0.6) is 0 Å². The minimum absolute atomic E-state index is 0.262. The van der Waals surface area contributed by atoms with E-state index < -0.39 is 0 Å². The standard InChI is InChI=1S/C8H22B5N/c1-6(2,3)14-7(10,11)4-5(9)8(14,12)13/h5H,4,9-13H2,1-3H3. The third-order valence-electron chi connectivity index (χ3n) is 3.86. The van der Waals surface area contributed by atoms with E-state index in [0.29, 0.717) is 10.7 Å². The molecular weight excluding hydrogens is 164 g/mol. The fourth-order valence-electron chi connectivity index (χ4n) is 3.86. The second-order valence-corrected chi connectivity index (χ2v) is 7.08. The molecule has 74 valence electrons. The number of hydrogen-bond donors (Lipinski definition) is 0. The summed E-state index contributed by atoms with van der Waals surface area (Å²) in [6.45, 7) is 6.98. The van der Waals surface area contributed by atoms with Gasteiger partial charge in [-0.25, -0.2) is 0 Å². The van der Waals surface area contributed by atoms with Crippen molar-refractivity contribution in [3.05, 3.63) is 0 Å². The van der Waals surface area contributed by atoms with Gasteiger partial charge in [-0.15, -0.1) is 0 Å². The van der Waals surface area contributed by atoms with E-state index in [1.165, 1.54) is 6.42 Å². The minimum Gasteiger partial charge on any atom is -0.319 e. The Morgan fingerprint density at radius 1 is 1.14 bits per heavy atom. The average molecular weight is 186 g/mol. The summed E-state index contributed by atoms with van der Waals surface area (Å²) < 4.78 is 0. The summed E-state index contributed by atoms with van der Waals surface area (Å²) in [4.78, 5) is 2.69. The van der Waals surface area contributed by atoms with Crippen LogP contribution in [-0.2, 0) is 0 Å². The fraction of sp³-hybridized carbons (Fsp3) is 1.00. The van der Waals surface area contributed by atoms with Crippen molar-refractivity contribution in [2.45, 2.75) is 49.2 Å². The molecule has 1 saturated heterocycles. The number of nitrogens with zero attached hydrogens (tertiary/aromatic N) is 1. The fourth-order valence-corrected chi connectivity index (χ4v) is 3.86.